The average molecular weight is 495 g/mol. The minimum Gasteiger partial charge on any atom is -0.472 e. The number of rotatable bonds is 11. The monoisotopic (exact) mass is 495 g/mol. The van der Waals surface area contributed by atoms with Gasteiger partial charge in [-0.25, -0.2) is 9.59 Å². The van der Waals surface area contributed by atoms with Crippen molar-refractivity contribution in [2.75, 3.05) is 18.4 Å². The molecule has 5 N–H and O–H groups in total. The summed E-state index contributed by atoms with van der Waals surface area (Å²) in [5, 5.41) is 33.2. The zero-order valence-corrected chi connectivity index (χ0v) is 19.2. The third-order valence-electron chi connectivity index (χ3n) is 4.89. The number of nitrogens with zero attached hydrogens (tertiary/aromatic N) is 1. The van der Waals surface area contributed by atoms with Crippen LogP contribution in [0.25, 0.3) is 0 Å². The van der Waals surface area contributed by atoms with E-state index in [1.54, 1.807) is 0 Å². The topological polar surface area (TPSA) is 173 Å². The van der Waals surface area contributed by atoms with Crippen LogP contribution in [0.15, 0.2) is 30.4 Å². The summed E-state index contributed by atoms with van der Waals surface area (Å²) in [6, 6.07) is 4.35. The van der Waals surface area contributed by atoms with Gasteiger partial charge in [0, 0.05) is 61.1 Å². The van der Waals surface area contributed by atoms with Gasteiger partial charge in [-0.3, -0.25) is 19.3 Å². The molecular formula is C25H25N3O8. The van der Waals surface area contributed by atoms with Gasteiger partial charge in [-0.05, 0) is 31.0 Å². The van der Waals surface area contributed by atoms with Gasteiger partial charge in [0.05, 0.1) is 5.69 Å². The molecule has 0 saturated carbocycles. The maximum absolute atomic E-state index is 12.0. The second-order valence-electron chi connectivity index (χ2n) is 7.64. The Morgan fingerprint density at radius 3 is 2.28 bits per heavy atom. The molecule has 0 fully saturated rings. The molecule has 1 aromatic rings. The van der Waals surface area contributed by atoms with Gasteiger partial charge in [0.1, 0.15) is 6.23 Å². The van der Waals surface area contributed by atoms with Crippen molar-refractivity contribution in [2.24, 2.45) is 0 Å². The van der Waals surface area contributed by atoms with Crippen molar-refractivity contribution in [2.45, 2.75) is 38.3 Å². The van der Waals surface area contributed by atoms with Crippen LogP contribution in [0.3, 0.4) is 0 Å². The second kappa shape index (κ2) is 13.9. The molecule has 2 rings (SSSR count). The molecule has 1 unspecified atom stereocenters. The van der Waals surface area contributed by atoms with Gasteiger partial charge in [-0.15, -0.1) is 0 Å². The number of carboxylic acids is 2. The van der Waals surface area contributed by atoms with E-state index in [4.69, 9.17) is 10.2 Å². The number of aliphatic hydroxyl groups excluding tert-OH is 1. The molecule has 1 atom stereocenters. The Hall–Kier alpha value is -4.61. The molecule has 11 nitrogen and oxygen atoms in total. The fraction of sp³-hybridized carbons (Fsp3) is 0.320. The Kier molecular flexibility index (Phi) is 10.7. The number of hydrogen-bond donors (Lipinski definition) is 5. The molecule has 0 spiro atoms. The maximum atomic E-state index is 12.0. The number of carbonyl (C=O) groups is 5. The highest BCUT2D eigenvalue weighted by Gasteiger charge is 2.22. The Balaban J connectivity index is 1.77. The van der Waals surface area contributed by atoms with Gasteiger partial charge >= 0.3 is 11.9 Å². The summed E-state index contributed by atoms with van der Waals surface area (Å²) < 4.78 is 0. The standard InChI is InChI=1S/C25H25N3O8/c29-20(4-2-1-3-15-28-22(31)9-10-23(28)32)26-14-13-21(30)27-19-16-17(6-11-24(33)34)5-7-18(19)8-12-25(35)36/h5,7,9-10,16,21,27,30H,1-4,13-15H2,(H,26,29)(H,33,34)(H,35,36). The highest BCUT2D eigenvalue weighted by molar-refractivity contribution is 6.12. The van der Waals surface area contributed by atoms with Crippen molar-refractivity contribution in [1.29, 1.82) is 0 Å². The summed E-state index contributed by atoms with van der Waals surface area (Å²) in [4.78, 5) is 57.5. The Morgan fingerprint density at radius 1 is 0.944 bits per heavy atom. The van der Waals surface area contributed by atoms with E-state index in [1.807, 2.05) is 11.8 Å². The number of benzene rings is 1. The molecule has 188 valence electrons. The lowest BCUT2D eigenvalue weighted by Crippen LogP contribution is -2.31. The molecule has 0 aliphatic carbocycles. The van der Waals surface area contributed by atoms with Gasteiger partial charge in [-0.2, -0.15) is 0 Å². The predicted molar refractivity (Wildman–Crippen MR) is 127 cm³/mol. The highest BCUT2D eigenvalue weighted by Crippen LogP contribution is 2.18. The summed E-state index contributed by atoms with van der Waals surface area (Å²) in [6.45, 7) is 0.468. The average Bonchev–Trinajstić information content (AvgIpc) is 3.13. The molecule has 0 bridgehead atoms. The molecule has 1 aromatic carbocycles. The number of aliphatic carboxylic acids is 2. The number of carboxylic acid groups (broad SMARTS) is 2. The third kappa shape index (κ3) is 9.71. The number of amides is 3. The third-order valence-corrected chi connectivity index (χ3v) is 4.89. The van der Waals surface area contributed by atoms with E-state index in [9.17, 15) is 29.1 Å². The number of nitrogens with one attached hydrogen (secondary N) is 2. The summed E-state index contributed by atoms with van der Waals surface area (Å²) in [5.41, 5.74) is 0.829. The zero-order valence-electron chi connectivity index (χ0n) is 19.2. The fourth-order valence-electron chi connectivity index (χ4n) is 3.17. The van der Waals surface area contributed by atoms with Crippen LogP contribution in [0.1, 0.15) is 43.2 Å². The first kappa shape index (κ1) is 27.6. The highest BCUT2D eigenvalue weighted by atomic mass is 16.4. The normalized spacial score (nSPS) is 12.8. The zero-order chi connectivity index (χ0) is 26.5. The first-order chi connectivity index (χ1) is 17.2. The molecule has 1 heterocycles. The first-order valence-electron chi connectivity index (χ1n) is 11.0. The minimum atomic E-state index is -1.34. The van der Waals surface area contributed by atoms with Crippen LogP contribution in [0, 0.1) is 23.7 Å². The smallest absolute Gasteiger partial charge is 0.382 e. The van der Waals surface area contributed by atoms with Crippen LogP contribution in [0.2, 0.25) is 0 Å². The van der Waals surface area contributed by atoms with Crippen LogP contribution in [0.5, 0.6) is 0 Å². The molecule has 0 aromatic heterocycles. The minimum absolute atomic E-state index is 0.120. The number of unbranched alkanes of at least 4 members (excludes halogenated alkanes) is 2. The molecular weight excluding hydrogens is 470 g/mol. The number of imide groups is 1. The summed E-state index contributed by atoms with van der Waals surface area (Å²) >= 11 is 0. The number of carbonyl (C=O) groups excluding carboxylic acids is 3. The van der Waals surface area contributed by atoms with Gasteiger partial charge in [0.15, 0.2) is 0 Å². The first-order valence-corrected chi connectivity index (χ1v) is 11.0. The molecule has 0 saturated heterocycles. The SMILES string of the molecule is O=C(O)C#Cc1ccc(C#CC(=O)O)c(NC(O)CCNC(=O)CCCCCN2C(=O)C=CC2=O)c1. The number of anilines is 1. The van der Waals surface area contributed by atoms with Crippen molar-refractivity contribution in [3.8, 4) is 23.7 Å². The van der Waals surface area contributed by atoms with E-state index in [0.717, 1.165) is 4.90 Å². The van der Waals surface area contributed by atoms with Crippen LogP contribution in [-0.4, -0.2) is 69.2 Å². The Labute approximate surface area is 207 Å². The second-order valence-corrected chi connectivity index (χ2v) is 7.64. The lowest BCUT2D eigenvalue weighted by molar-refractivity contribution is -0.137. The lowest BCUT2D eigenvalue weighted by Gasteiger charge is -2.16. The van der Waals surface area contributed by atoms with Crippen LogP contribution >= 0.6 is 0 Å². The van der Waals surface area contributed by atoms with Gasteiger partial charge in [0.25, 0.3) is 11.8 Å². The van der Waals surface area contributed by atoms with Crippen LogP contribution < -0.4 is 10.6 Å². The lowest BCUT2D eigenvalue weighted by atomic mass is 10.1. The fourth-order valence-corrected chi connectivity index (χ4v) is 3.17. The summed E-state index contributed by atoms with van der Waals surface area (Å²) in [5.74, 6) is 5.28. The van der Waals surface area contributed by atoms with Gasteiger partial charge in [0.2, 0.25) is 5.91 Å². The van der Waals surface area contributed by atoms with E-state index in [1.165, 1.54) is 30.4 Å². The van der Waals surface area contributed by atoms with E-state index in [2.05, 4.69) is 22.5 Å². The van der Waals surface area contributed by atoms with Crippen LogP contribution in [-0.2, 0) is 24.0 Å². The van der Waals surface area contributed by atoms with E-state index in [0.29, 0.717) is 31.4 Å². The quantitative estimate of drug-likeness (QED) is 0.125. The van der Waals surface area contributed by atoms with Crippen molar-refractivity contribution in [3.05, 3.63) is 41.5 Å². The largest absolute Gasteiger partial charge is 0.472 e. The van der Waals surface area contributed by atoms with Crippen LogP contribution in [0.4, 0.5) is 5.69 Å². The molecule has 36 heavy (non-hydrogen) atoms. The molecule has 11 heteroatoms. The Morgan fingerprint density at radius 2 is 1.61 bits per heavy atom. The van der Waals surface area contributed by atoms with E-state index < -0.39 is 18.2 Å². The maximum Gasteiger partial charge on any atom is 0.382 e. The predicted octanol–water partition coefficient (Wildman–Crippen LogP) is 0.281. The molecule has 1 aliphatic rings. The molecule has 1 aliphatic heterocycles. The van der Waals surface area contributed by atoms with E-state index >= 15 is 0 Å². The summed E-state index contributed by atoms with van der Waals surface area (Å²) in [7, 11) is 0. The van der Waals surface area contributed by atoms with Crippen molar-refractivity contribution in [3.63, 3.8) is 0 Å². The van der Waals surface area contributed by atoms with Gasteiger partial charge < -0.3 is 26.0 Å². The van der Waals surface area contributed by atoms with Crippen molar-refractivity contribution < 1.29 is 39.3 Å². The molecule has 0 radical (unpaired) electrons. The van der Waals surface area contributed by atoms with Gasteiger partial charge in [-0.1, -0.05) is 18.3 Å². The number of hydrogen-bond acceptors (Lipinski definition) is 7. The van der Waals surface area contributed by atoms with Crippen molar-refractivity contribution >= 4 is 35.3 Å². The summed E-state index contributed by atoms with van der Waals surface area (Å²) in [6.07, 6.45) is 3.54. The Bertz CT molecular complexity index is 1170. The molecule has 3 amide bonds. The van der Waals surface area contributed by atoms with E-state index in [-0.39, 0.29) is 48.4 Å². The van der Waals surface area contributed by atoms with Crippen molar-refractivity contribution in [1.82, 2.24) is 10.2 Å². The number of aliphatic hydroxyl groups is 1.